The largest absolute Gasteiger partial charge is 0.275 e. The van der Waals surface area contributed by atoms with Crippen LogP contribution in [0, 0.1) is 0 Å². The van der Waals surface area contributed by atoms with Crippen molar-refractivity contribution in [1.29, 1.82) is 0 Å². The van der Waals surface area contributed by atoms with Gasteiger partial charge in [-0.3, -0.25) is 4.68 Å². The van der Waals surface area contributed by atoms with Crippen LogP contribution >= 0.6 is 0 Å². The van der Waals surface area contributed by atoms with Crippen LogP contribution in [0.1, 0.15) is 24.5 Å². The third-order valence-corrected chi connectivity index (χ3v) is 2.78. The molecule has 0 aliphatic carbocycles. The summed E-state index contributed by atoms with van der Waals surface area (Å²) in [6.45, 7) is 1.95. The number of benzene rings is 1. The van der Waals surface area contributed by atoms with Gasteiger partial charge in [-0.25, -0.2) is 8.78 Å². The average Bonchev–Trinajstić information content (AvgIpc) is 2.75. The highest BCUT2D eigenvalue weighted by Crippen LogP contribution is 2.31. The summed E-state index contributed by atoms with van der Waals surface area (Å²) in [5, 5.41) is 4.01. The van der Waals surface area contributed by atoms with Gasteiger partial charge < -0.3 is 0 Å². The molecule has 0 aliphatic heterocycles. The van der Waals surface area contributed by atoms with E-state index < -0.39 is 6.43 Å². The van der Waals surface area contributed by atoms with E-state index in [1.165, 1.54) is 0 Å². The summed E-state index contributed by atoms with van der Waals surface area (Å²) in [6.07, 6.45) is 1.64. The standard InChI is InChI=1S/C13H14F2N2/c1-3-9-4-5-11(12(6-9)13(14)15)10-7-16-17(2)8-10/h4-8,13H,3H2,1-2H3. The topological polar surface area (TPSA) is 17.8 Å². The van der Waals surface area contributed by atoms with Crippen molar-refractivity contribution in [3.63, 3.8) is 0 Å². The van der Waals surface area contributed by atoms with Crippen LogP contribution in [0.25, 0.3) is 11.1 Å². The third-order valence-electron chi connectivity index (χ3n) is 2.78. The van der Waals surface area contributed by atoms with Crippen LogP contribution in [0.15, 0.2) is 30.6 Å². The Balaban J connectivity index is 2.53. The molecule has 90 valence electrons. The highest BCUT2D eigenvalue weighted by molar-refractivity contribution is 5.66. The molecule has 0 amide bonds. The molecular weight excluding hydrogens is 222 g/mol. The van der Waals surface area contributed by atoms with Gasteiger partial charge in [-0.05, 0) is 23.6 Å². The monoisotopic (exact) mass is 236 g/mol. The fourth-order valence-electron chi connectivity index (χ4n) is 1.84. The summed E-state index contributed by atoms with van der Waals surface area (Å²) in [5.74, 6) is 0. The van der Waals surface area contributed by atoms with Crippen LogP contribution in [-0.2, 0) is 13.5 Å². The molecule has 0 atom stereocenters. The molecule has 0 unspecified atom stereocenters. The van der Waals surface area contributed by atoms with E-state index in [2.05, 4.69) is 5.10 Å². The summed E-state index contributed by atoms with van der Waals surface area (Å²) in [5.41, 5.74) is 2.29. The van der Waals surface area contributed by atoms with Crippen molar-refractivity contribution in [3.05, 3.63) is 41.7 Å². The van der Waals surface area contributed by atoms with Gasteiger partial charge in [0, 0.05) is 24.4 Å². The summed E-state index contributed by atoms with van der Waals surface area (Å²) in [4.78, 5) is 0. The Hall–Kier alpha value is -1.71. The fourth-order valence-corrected chi connectivity index (χ4v) is 1.84. The number of aromatic nitrogens is 2. The van der Waals surface area contributed by atoms with E-state index in [1.807, 2.05) is 13.0 Å². The highest BCUT2D eigenvalue weighted by atomic mass is 19.3. The van der Waals surface area contributed by atoms with Crippen LogP contribution in [0.5, 0.6) is 0 Å². The Kier molecular flexibility index (Phi) is 3.22. The maximum absolute atomic E-state index is 13.0. The number of aryl methyl sites for hydroxylation is 2. The Morgan fingerprint density at radius 2 is 2.12 bits per heavy atom. The van der Waals surface area contributed by atoms with Gasteiger partial charge in [0.2, 0.25) is 0 Å². The molecule has 0 bridgehead atoms. The number of alkyl halides is 2. The SMILES string of the molecule is CCc1ccc(-c2cnn(C)c2)c(C(F)F)c1. The lowest BCUT2D eigenvalue weighted by Gasteiger charge is -2.09. The van der Waals surface area contributed by atoms with Gasteiger partial charge in [0.05, 0.1) is 6.20 Å². The summed E-state index contributed by atoms with van der Waals surface area (Å²) in [6, 6.07) is 5.21. The van der Waals surface area contributed by atoms with E-state index in [-0.39, 0.29) is 5.56 Å². The first kappa shape index (κ1) is 11.8. The van der Waals surface area contributed by atoms with Crippen molar-refractivity contribution in [3.8, 4) is 11.1 Å². The van der Waals surface area contributed by atoms with Crippen LogP contribution in [0.3, 0.4) is 0 Å². The predicted molar refractivity (Wildman–Crippen MR) is 63.0 cm³/mol. The molecule has 0 fully saturated rings. The molecule has 0 aliphatic rings. The maximum atomic E-state index is 13.0. The molecule has 0 radical (unpaired) electrons. The van der Waals surface area contributed by atoms with Gasteiger partial charge in [0.25, 0.3) is 6.43 Å². The molecule has 0 saturated carbocycles. The smallest absolute Gasteiger partial charge is 0.264 e. The van der Waals surface area contributed by atoms with E-state index in [9.17, 15) is 8.78 Å². The molecule has 0 N–H and O–H groups in total. The van der Waals surface area contributed by atoms with Gasteiger partial charge in [-0.2, -0.15) is 5.10 Å². The van der Waals surface area contributed by atoms with Crippen molar-refractivity contribution in [1.82, 2.24) is 9.78 Å². The Bertz CT molecular complexity index is 518. The van der Waals surface area contributed by atoms with Crippen LogP contribution < -0.4 is 0 Å². The Morgan fingerprint density at radius 1 is 1.35 bits per heavy atom. The van der Waals surface area contributed by atoms with Crippen LogP contribution in [-0.4, -0.2) is 9.78 Å². The zero-order chi connectivity index (χ0) is 12.4. The lowest BCUT2D eigenvalue weighted by molar-refractivity contribution is 0.152. The maximum Gasteiger partial charge on any atom is 0.264 e. The summed E-state index contributed by atoms with van der Waals surface area (Å²) >= 11 is 0. The fraction of sp³-hybridized carbons (Fsp3) is 0.308. The second-order valence-corrected chi connectivity index (χ2v) is 3.98. The average molecular weight is 236 g/mol. The molecule has 1 aromatic heterocycles. The molecule has 2 aromatic rings. The minimum absolute atomic E-state index is 0.0809. The van der Waals surface area contributed by atoms with Crippen molar-refractivity contribution in [2.24, 2.45) is 7.05 Å². The quantitative estimate of drug-likeness (QED) is 0.796. The Labute approximate surface area is 98.9 Å². The number of hydrogen-bond acceptors (Lipinski definition) is 1. The van der Waals surface area contributed by atoms with Gasteiger partial charge in [0.15, 0.2) is 0 Å². The number of hydrogen-bond donors (Lipinski definition) is 0. The van der Waals surface area contributed by atoms with Crippen molar-refractivity contribution >= 4 is 0 Å². The number of rotatable bonds is 3. The second kappa shape index (κ2) is 4.65. The molecular formula is C13H14F2N2. The minimum Gasteiger partial charge on any atom is -0.275 e. The first-order valence-corrected chi connectivity index (χ1v) is 5.51. The zero-order valence-corrected chi connectivity index (χ0v) is 9.82. The van der Waals surface area contributed by atoms with Gasteiger partial charge in [0.1, 0.15) is 0 Å². The molecule has 0 saturated heterocycles. The first-order valence-electron chi connectivity index (χ1n) is 5.51. The normalized spacial score (nSPS) is 11.1. The number of nitrogens with zero attached hydrogens (tertiary/aromatic N) is 2. The lowest BCUT2D eigenvalue weighted by Crippen LogP contribution is -1.92. The zero-order valence-electron chi connectivity index (χ0n) is 9.82. The first-order chi connectivity index (χ1) is 8.11. The molecule has 2 nitrogen and oxygen atoms in total. The molecule has 1 aromatic carbocycles. The second-order valence-electron chi connectivity index (χ2n) is 3.98. The van der Waals surface area contributed by atoms with Crippen molar-refractivity contribution < 1.29 is 8.78 Å². The van der Waals surface area contributed by atoms with E-state index >= 15 is 0 Å². The molecule has 2 rings (SSSR count). The van der Waals surface area contributed by atoms with Crippen molar-refractivity contribution in [2.75, 3.05) is 0 Å². The van der Waals surface area contributed by atoms with E-state index in [1.54, 1.807) is 36.3 Å². The van der Waals surface area contributed by atoms with Gasteiger partial charge in [-0.15, -0.1) is 0 Å². The summed E-state index contributed by atoms with van der Waals surface area (Å²) < 4.78 is 27.6. The molecule has 4 heteroatoms. The van der Waals surface area contributed by atoms with Crippen molar-refractivity contribution in [2.45, 2.75) is 19.8 Å². The van der Waals surface area contributed by atoms with E-state index in [0.717, 1.165) is 17.5 Å². The minimum atomic E-state index is -2.46. The molecule has 17 heavy (non-hydrogen) atoms. The van der Waals surface area contributed by atoms with Gasteiger partial charge in [-0.1, -0.05) is 19.1 Å². The number of halogens is 2. The van der Waals surface area contributed by atoms with E-state index in [0.29, 0.717) is 5.56 Å². The third kappa shape index (κ3) is 2.35. The highest BCUT2D eigenvalue weighted by Gasteiger charge is 2.15. The molecule has 0 spiro atoms. The Morgan fingerprint density at radius 3 is 2.65 bits per heavy atom. The van der Waals surface area contributed by atoms with Gasteiger partial charge >= 0.3 is 0 Å². The van der Waals surface area contributed by atoms with E-state index in [4.69, 9.17) is 0 Å². The predicted octanol–water partition coefficient (Wildman–Crippen LogP) is 3.59. The summed E-state index contributed by atoms with van der Waals surface area (Å²) in [7, 11) is 1.77. The van der Waals surface area contributed by atoms with Crippen LogP contribution in [0.4, 0.5) is 8.78 Å². The van der Waals surface area contributed by atoms with Crippen LogP contribution in [0.2, 0.25) is 0 Å². The lowest BCUT2D eigenvalue weighted by atomic mass is 9.99. The molecule has 1 heterocycles.